The van der Waals surface area contributed by atoms with E-state index in [1.54, 1.807) is 13.1 Å². The molecule has 0 radical (unpaired) electrons. The standard InChI is InChI=1S/C18H21N3O4/c1-2-17(23)21-10-14(22)7-15(21)18(24)20-8-12-3-5-13(6-4-12)16-9-19-11-25-16/h3-6,9,11,14-15,22H,2,7-8,10H2,1H3,(H,20,24)/t14-,15+/m1/s1. The molecule has 1 aromatic heterocycles. The summed E-state index contributed by atoms with van der Waals surface area (Å²) in [5, 5.41) is 12.6. The van der Waals surface area contributed by atoms with Gasteiger partial charge in [-0.2, -0.15) is 0 Å². The van der Waals surface area contributed by atoms with Gasteiger partial charge < -0.3 is 19.7 Å². The van der Waals surface area contributed by atoms with E-state index in [2.05, 4.69) is 10.3 Å². The van der Waals surface area contributed by atoms with Gasteiger partial charge in [0.05, 0.1) is 12.3 Å². The van der Waals surface area contributed by atoms with Crippen LogP contribution in [0, 0.1) is 0 Å². The maximum atomic E-state index is 12.4. The molecule has 7 heteroatoms. The van der Waals surface area contributed by atoms with E-state index in [1.807, 2.05) is 24.3 Å². The predicted molar refractivity (Wildman–Crippen MR) is 90.2 cm³/mol. The highest BCUT2D eigenvalue weighted by molar-refractivity contribution is 5.88. The third kappa shape index (κ3) is 3.88. The number of hydrogen-bond acceptors (Lipinski definition) is 5. The van der Waals surface area contributed by atoms with E-state index in [-0.39, 0.29) is 24.8 Å². The maximum Gasteiger partial charge on any atom is 0.243 e. The normalized spacial score (nSPS) is 19.8. The molecule has 0 aliphatic carbocycles. The van der Waals surface area contributed by atoms with Gasteiger partial charge in [0.2, 0.25) is 11.8 Å². The van der Waals surface area contributed by atoms with E-state index in [1.165, 1.54) is 11.3 Å². The molecular weight excluding hydrogens is 322 g/mol. The second-order valence-corrected chi connectivity index (χ2v) is 6.09. The van der Waals surface area contributed by atoms with Gasteiger partial charge in [0.25, 0.3) is 0 Å². The van der Waals surface area contributed by atoms with Gasteiger partial charge in [-0.3, -0.25) is 9.59 Å². The van der Waals surface area contributed by atoms with Crippen LogP contribution in [0.3, 0.4) is 0 Å². The van der Waals surface area contributed by atoms with Crippen LogP contribution in [-0.4, -0.2) is 45.5 Å². The van der Waals surface area contributed by atoms with E-state index in [9.17, 15) is 14.7 Å². The van der Waals surface area contributed by atoms with Gasteiger partial charge in [0, 0.05) is 31.5 Å². The molecule has 132 valence electrons. The van der Waals surface area contributed by atoms with Crippen LogP contribution < -0.4 is 5.32 Å². The van der Waals surface area contributed by atoms with Crippen LogP contribution in [0.1, 0.15) is 25.3 Å². The number of oxazole rings is 1. The van der Waals surface area contributed by atoms with Crippen molar-refractivity contribution in [3.8, 4) is 11.3 Å². The van der Waals surface area contributed by atoms with Crippen LogP contribution in [0.4, 0.5) is 0 Å². The molecule has 2 amide bonds. The van der Waals surface area contributed by atoms with Gasteiger partial charge in [-0.1, -0.05) is 31.2 Å². The van der Waals surface area contributed by atoms with Crippen molar-refractivity contribution < 1.29 is 19.1 Å². The maximum absolute atomic E-state index is 12.4. The summed E-state index contributed by atoms with van der Waals surface area (Å²) in [4.78, 5) is 29.7. The summed E-state index contributed by atoms with van der Waals surface area (Å²) in [6.07, 6.45) is 2.97. The molecule has 1 aliphatic rings. The number of rotatable bonds is 5. The number of nitrogens with one attached hydrogen (secondary N) is 1. The fourth-order valence-electron chi connectivity index (χ4n) is 2.99. The molecule has 1 aliphatic heterocycles. The topological polar surface area (TPSA) is 95.7 Å². The summed E-state index contributed by atoms with van der Waals surface area (Å²) >= 11 is 0. The number of aliphatic hydroxyl groups is 1. The molecule has 0 unspecified atom stereocenters. The Hall–Kier alpha value is -2.67. The van der Waals surface area contributed by atoms with E-state index < -0.39 is 12.1 Å². The summed E-state index contributed by atoms with van der Waals surface area (Å²) in [6, 6.07) is 6.99. The molecule has 0 bridgehead atoms. The van der Waals surface area contributed by atoms with Crippen molar-refractivity contribution in [2.45, 2.75) is 38.5 Å². The number of carbonyl (C=O) groups excluding carboxylic acids is 2. The Bertz CT molecular complexity index is 727. The highest BCUT2D eigenvalue weighted by atomic mass is 16.3. The van der Waals surface area contributed by atoms with Crippen molar-refractivity contribution in [1.82, 2.24) is 15.2 Å². The summed E-state index contributed by atoms with van der Waals surface area (Å²) in [5.41, 5.74) is 1.84. The number of benzene rings is 1. The molecule has 3 rings (SSSR count). The Labute approximate surface area is 145 Å². The number of likely N-dealkylation sites (tertiary alicyclic amines) is 1. The van der Waals surface area contributed by atoms with Gasteiger partial charge in [-0.25, -0.2) is 4.98 Å². The van der Waals surface area contributed by atoms with E-state index in [0.29, 0.717) is 18.7 Å². The third-order valence-electron chi connectivity index (χ3n) is 4.34. The Balaban J connectivity index is 1.59. The lowest BCUT2D eigenvalue weighted by atomic mass is 10.1. The zero-order chi connectivity index (χ0) is 17.8. The minimum absolute atomic E-state index is 0.117. The van der Waals surface area contributed by atoms with Crippen LogP contribution in [0.15, 0.2) is 41.3 Å². The van der Waals surface area contributed by atoms with E-state index >= 15 is 0 Å². The molecule has 2 heterocycles. The zero-order valence-electron chi connectivity index (χ0n) is 14.0. The van der Waals surface area contributed by atoms with Crippen molar-refractivity contribution in [1.29, 1.82) is 0 Å². The Morgan fingerprint density at radius 1 is 1.36 bits per heavy atom. The lowest BCUT2D eigenvalue weighted by Crippen LogP contribution is -2.45. The molecule has 0 spiro atoms. The quantitative estimate of drug-likeness (QED) is 0.854. The SMILES string of the molecule is CCC(=O)N1C[C@H](O)C[C@H]1C(=O)NCc1ccc(-c2cnco2)cc1. The fraction of sp³-hybridized carbons (Fsp3) is 0.389. The van der Waals surface area contributed by atoms with Crippen LogP contribution in [0.2, 0.25) is 0 Å². The predicted octanol–water partition coefficient (Wildman–Crippen LogP) is 1.33. The van der Waals surface area contributed by atoms with Crippen LogP contribution in [-0.2, 0) is 16.1 Å². The molecule has 1 saturated heterocycles. The first kappa shape index (κ1) is 17.2. The minimum atomic E-state index is -0.646. The second kappa shape index (κ2) is 7.48. The van der Waals surface area contributed by atoms with Crippen molar-refractivity contribution in [2.75, 3.05) is 6.54 Å². The summed E-state index contributed by atoms with van der Waals surface area (Å²) in [5.74, 6) is 0.329. The number of carbonyl (C=O) groups is 2. The van der Waals surface area contributed by atoms with Crippen LogP contribution >= 0.6 is 0 Å². The highest BCUT2D eigenvalue weighted by Gasteiger charge is 2.37. The van der Waals surface area contributed by atoms with E-state index in [0.717, 1.165) is 11.1 Å². The molecule has 2 N–H and O–H groups in total. The van der Waals surface area contributed by atoms with Crippen molar-refractivity contribution >= 4 is 11.8 Å². The first-order valence-corrected chi connectivity index (χ1v) is 8.31. The first-order valence-electron chi connectivity index (χ1n) is 8.31. The summed E-state index contributed by atoms with van der Waals surface area (Å²) < 4.78 is 5.24. The number of nitrogens with zero attached hydrogens (tertiary/aromatic N) is 2. The van der Waals surface area contributed by atoms with Crippen LogP contribution in [0.25, 0.3) is 11.3 Å². The van der Waals surface area contributed by atoms with Gasteiger partial charge in [-0.15, -0.1) is 0 Å². The molecule has 25 heavy (non-hydrogen) atoms. The largest absolute Gasteiger partial charge is 0.444 e. The summed E-state index contributed by atoms with van der Waals surface area (Å²) in [6.45, 7) is 2.32. The molecule has 7 nitrogen and oxygen atoms in total. The van der Waals surface area contributed by atoms with Gasteiger partial charge in [0.1, 0.15) is 6.04 Å². The first-order chi connectivity index (χ1) is 12.1. The van der Waals surface area contributed by atoms with Gasteiger partial charge in [0.15, 0.2) is 12.2 Å². The van der Waals surface area contributed by atoms with E-state index in [4.69, 9.17) is 4.42 Å². The molecule has 1 fully saturated rings. The van der Waals surface area contributed by atoms with Crippen molar-refractivity contribution in [3.63, 3.8) is 0 Å². The van der Waals surface area contributed by atoms with Crippen molar-refractivity contribution in [2.24, 2.45) is 0 Å². The molecule has 2 aromatic rings. The highest BCUT2D eigenvalue weighted by Crippen LogP contribution is 2.20. The molecule has 2 atom stereocenters. The number of β-amino-alcohol motifs (C(OH)–C–C–N with tert-alkyl or cyclic N) is 1. The van der Waals surface area contributed by atoms with Crippen molar-refractivity contribution in [3.05, 3.63) is 42.4 Å². The number of amides is 2. The third-order valence-corrected chi connectivity index (χ3v) is 4.34. The Morgan fingerprint density at radius 3 is 2.76 bits per heavy atom. The number of aliphatic hydroxyl groups excluding tert-OH is 1. The van der Waals surface area contributed by atoms with Gasteiger partial charge >= 0.3 is 0 Å². The Kier molecular flexibility index (Phi) is 5.14. The Morgan fingerprint density at radius 2 is 2.12 bits per heavy atom. The fourth-order valence-corrected chi connectivity index (χ4v) is 2.99. The monoisotopic (exact) mass is 343 g/mol. The number of hydrogen-bond donors (Lipinski definition) is 2. The average Bonchev–Trinajstić information content (AvgIpc) is 3.29. The minimum Gasteiger partial charge on any atom is -0.444 e. The zero-order valence-corrected chi connectivity index (χ0v) is 14.0. The van der Waals surface area contributed by atoms with Crippen LogP contribution in [0.5, 0.6) is 0 Å². The summed E-state index contributed by atoms with van der Waals surface area (Å²) in [7, 11) is 0. The lowest BCUT2D eigenvalue weighted by molar-refractivity contribution is -0.138. The molecular formula is C18H21N3O4. The lowest BCUT2D eigenvalue weighted by Gasteiger charge is -2.23. The molecule has 1 aromatic carbocycles. The molecule has 0 saturated carbocycles. The average molecular weight is 343 g/mol. The smallest absolute Gasteiger partial charge is 0.243 e. The second-order valence-electron chi connectivity index (χ2n) is 6.09. The van der Waals surface area contributed by atoms with Gasteiger partial charge in [-0.05, 0) is 5.56 Å². The number of aromatic nitrogens is 1.